The lowest BCUT2D eigenvalue weighted by Crippen LogP contribution is -2.23. The van der Waals surface area contributed by atoms with Crippen LogP contribution in [0.3, 0.4) is 0 Å². The highest BCUT2D eigenvalue weighted by Gasteiger charge is 2.19. The standard InChI is InChI=1S/C27H23F2N3O3/c1-35-27(34)25-21(7-3-8-22(25)28)18-10-11-19(23(29)15-18)16-31-24(33)9-2-6-20-13-12-17-5-4-14-30-26(17)32-20/h3-5,7-8,10-15H,2,6,9,16H2,1H3,(H,31,33). The second kappa shape index (κ2) is 10.8. The van der Waals surface area contributed by atoms with Crippen LogP contribution in [0.15, 0.2) is 66.9 Å². The van der Waals surface area contributed by atoms with Crippen LogP contribution in [0.25, 0.3) is 22.2 Å². The van der Waals surface area contributed by atoms with Crippen LogP contribution in [0.5, 0.6) is 0 Å². The van der Waals surface area contributed by atoms with Gasteiger partial charge in [-0.2, -0.15) is 0 Å². The zero-order valence-electron chi connectivity index (χ0n) is 19.1. The molecule has 0 radical (unpaired) electrons. The molecule has 0 aliphatic carbocycles. The van der Waals surface area contributed by atoms with Gasteiger partial charge in [0.1, 0.15) is 17.2 Å². The summed E-state index contributed by atoms with van der Waals surface area (Å²) in [6.45, 7) is 0.0100. The lowest BCUT2D eigenvalue weighted by atomic mass is 9.98. The molecule has 178 valence electrons. The molecule has 0 aliphatic heterocycles. The summed E-state index contributed by atoms with van der Waals surface area (Å²) < 4.78 is 33.6. The van der Waals surface area contributed by atoms with E-state index in [0.29, 0.717) is 24.1 Å². The number of benzene rings is 2. The Morgan fingerprint density at radius 3 is 2.66 bits per heavy atom. The number of esters is 1. The number of amides is 1. The first kappa shape index (κ1) is 23.9. The Morgan fingerprint density at radius 1 is 1.00 bits per heavy atom. The summed E-state index contributed by atoms with van der Waals surface area (Å²) in [5.74, 6) is -2.37. The van der Waals surface area contributed by atoms with Gasteiger partial charge in [0.15, 0.2) is 5.65 Å². The van der Waals surface area contributed by atoms with E-state index in [4.69, 9.17) is 0 Å². The smallest absolute Gasteiger partial charge is 0.341 e. The van der Waals surface area contributed by atoms with Crippen LogP contribution in [-0.4, -0.2) is 29.0 Å². The van der Waals surface area contributed by atoms with Crippen molar-refractivity contribution in [3.05, 3.63) is 95.3 Å². The molecule has 0 spiro atoms. The number of fused-ring (bicyclic) bond motifs is 1. The van der Waals surface area contributed by atoms with Crippen LogP contribution >= 0.6 is 0 Å². The summed E-state index contributed by atoms with van der Waals surface area (Å²) >= 11 is 0. The fraction of sp³-hybridized carbons (Fsp3) is 0.185. The predicted molar refractivity (Wildman–Crippen MR) is 127 cm³/mol. The number of ether oxygens (including phenoxy) is 1. The van der Waals surface area contributed by atoms with Gasteiger partial charge in [0.2, 0.25) is 5.91 Å². The maximum Gasteiger partial charge on any atom is 0.341 e. The van der Waals surface area contributed by atoms with Crippen LogP contribution in [0.2, 0.25) is 0 Å². The molecule has 2 aromatic heterocycles. The normalized spacial score (nSPS) is 10.8. The number of halogens is 2. The van der Waals surface area contributed by atoms with Crippen molar-refractivity contribution in [3.8, 4) is 11.1 Å². The Labute approximate surface area is 201 Å². The molecule has 2 heterocycles. The van der Waals surface area contributed by atoms with Gasteiger partial charge in [0, 0.05) is 35.8 Å². The molecule has 6 nitrogen and oxygen atoms in total. The molecule has 0 saturated carbocycles. The van der Waals surface area contributed by atoms with E-state index in [1.165, 1.54) is 24.3 Å². The van der Waals surface area contributed by atoms with Crippen molar-refractivity contribution < 1.29 is 23.1 Å². The zero-order valence-corrected chi connectivity index (χ0v) is 19.1. The van der Waals surface area contributed by atoms with E-state index in [1.54, 1.807) is 12.3 Å². The fourth-order valence-electron chi connectivity index (χ4n) is 3.78. The lowest BCUT2D eigenvalue weighted by Gasteiger charge is -2.11. The van der Waals surface area contributed by atoms with E-state index >= 15 is 0 Å². The quantitative estimate of drug-likeness (QED) is 0.363. The number of hydrogen-bond acceptors (Lipinski definition) is 5. The lowest BCUT2D eigenvalue weighted by molar-refractivity contribution is -0.121. The first-order chi connectivity index (χ1) is 17.0. The van der Waals surface area contributed by atoms with Crippen molar-refractivity contribution in [1.82, 2.24) is 15.3 Å². The minimum absolute atomic E-state index is 0.0100. The van der Waals surface area contributed by atoms with Crippen LogP contribution in [0.1, 0.15) is 34.5 Å². The van der Waals surface area contributed by atoms with Crippen LogP contribution < -0.4 is 5.32 Å². The molecule has 1 amide bonds. The third-order valence-electron chi connectivity index (χ3n) is 5.60. The number of nitrogens with zero attached hydrogens (tertiary/aromatic N) is 2. The van der Waals surface area contributed by atoms with Gasteiger partial charge < -0.3 is 10.1 Å². The van der Waals surface area contributed by atoms with Gasteiger partial charge in [-0.05, 0) is 60.4 Å². The van der Waals surface area contributed by atoms with Crippen molar-refractivity contribution in [1.29, 1.82) is 0 Å². The van der Waals surface area contributed by atoms with Gasteiger partial charge >= 0.3 is 5.97 Å². The van der Waals surface area contributed by atoms with Crippen LogP contribution in [0, 0.1) is 11.6 Å². The van der Waals surface area contributed by atoms with E-state index in [2.05, 4.69) is 20.0 Å². The summed E-state index contributed by atoms with van der Waals surface area (Å²) in [5, 5.41) is 3.68. The van der Waals surface area contributed by atoms with Crippen LogP contribution in [-0.2, 0) is 22.5 Å². The molecule has 0 bridgehead atoms. The van der Waals surface area contributed by atoms with Gasteiger partial charge in [-0.15, -0.1) is 0 Å². The molecule has 1 N–H and O–H groups in total. The Morgan fingerprint density at radius 2 is 1.86 bits per heavy atom. The molecule has 0 aliphatic rings. The number of rotatable bonds is 8. The zero-order chi connectivity index (χ0) is 24.8. The number of aromatic nitrogens is 2. The molecule has 0 fully saturated rings. The number of pyridine rings is 2. The SMILES string of the molecule is COC(=O)c1c(F)cccc1-c1ccc(CNC(=O)CCCc2ccc3cccnc3n2)c(F)c1. The summed E-state index contributed by atoms with van der Waals surface area (Å²) in [7, 11) is 1.15. The molecular formula is C27H23F2N3O3. The Hall–Kier alpha value is -4.20. The number of nitrogens with one attached hydrogen (secondary N) is 1. The monoisotopic (exact) mass is 475 g/mol. The van der Waals surface area contributed by atoms with E-state index < -0.39 is 17.6 Å². The van der Waals surface area contributed by atoms with E-state index in [0.717, 1.165) is 24.3 Å². The summed E-state index contributed by atoms with van der Waals surface area (Å²) in [6, 6.07) is 16.1. The van der Waals surface area contributed by atoms with E-state index in [1.807, 2.05) is 24.3 Å². The first-order valence-electron chi connectivity index (χ1n) is 11.1. The molecule has 8 heteroatoms. The highest BCUT2D eigenvalue weighted by atomic mass is 19.1. The number of carbonyl (C=O) groups is 2. The molecule has 2 aromatic carbocycles. The van der Waals surface area contributed by atoms with Gasteiger partial charge in [0.05, 0.1) is 7.11 Å². The molecule has 4 rings (SSSR count). The summed E-state index contributed by atoms with van der Waals surface area (Å²) in [5.41, 5.74) is 2.10. The summed E-state index contributed by atoms with van der Waals surface area (Å²) in [4.78, 5) is 33.0. The van der Waals surface area contributed by atoms with Crippen molar-refractivity contribution >= 4 is 22.9 Å². The number of methoxy groups -OCH3 is 1. The van der Waals surface area contributed by atoms with Gasteiger partial charge in [0.25, 0.3) is 0 Å². The predicted octanol–water partition coefficient (Wildman–Crippen LogP) is 5.00. The summed E-state index contributed by atoms with van der Waals surface area (Å²) in [6.07, 6.45) is 3.18. The highest BCUT2D eigenvalue weighted by molar-refractivity contribution is 5.97. The van der Waals surface area contributed by atoms with Crippen LogP contribution in [0.4, 0.5) is 8.78 Å². The fourth-order valence-corrected chi connectivity index (χ4v) is 3.78. The largest absolute Gasteiger partial charge is 0.465 e. The van der Waals surface area contributed by atoms with Crippen molar-refractivity contribution in [2.24, 2.45) is 0 Å². The van der Waals surface area contributed by atoms with E-state index in [-0.39, 0.29) is 35.6 Å². The van der Waals surface area contributed by atoms with Crippen molar-refractivity contribution in [2.75, 3.05) is 7.11 Å². The van der Waals surface area contributed by atoms with E-state index in [9.17, 15) is 18.4 Å². The van der Waals surface area contributed by atoms with Crippen molar-refractivity contribution in [3.63, 3.8) is 0 Å². The minimum atomic E-state index is -0.843. The average molecular weight is 475 g/mol. The van der Waals surface area contributed by atoms with Gasteiger partial charge in [-0.3, -0.25) is 4.79 Å². The third-order valence-corrected chi connectivity index (χ3v) is 5.60. The molecule has 0 saturated heterocycles. The Bertz CT molecular complexity index is 1390. The van der Waals surface area contributed by atoms with Gasteiger partial charge in [-0.1, -0.05) is 24.3 Å². The number of carbonyl (C=O) groups excluding carboxylic acids is 2. The topological polar surface area (TPSA) is 81.2 Å². The molecule has 4 aromatic rings. The number of aryl methyl sites for hydroxylation is 1. The number of hydrogen-bond donors (Lipinski definition) is 1. The second-order valence-electron chi connectivity index (χ2n) is 7.94. The minimum Gasteiger partial charge on any atom is -0.465 e. The maximum atomic E-state index is 14.7. The Balaban J connectivity index is 1.34. The Kier molecular flexibility index (Phi) is 7.40. The third kappa shape index (κ3) is 5.66. The first-order valence-corrected chi connectivity index (χ1v) is 11.1. The average Bonchev–Trinajstić information content (AvgIpc) is 2.87. The highest BCUT2D eigenvalue weighted by Crippen LogP contribution is 2.28. The van der Waals surface area contributed by atoms with Crippen molar-refractivity contribution in [2.45, 2.75) is 25.8 Å². The molecular weight excluding hydrogens is 452 g/mol. The van der Waals surface area contributed by atoms with Gasteiger partial charge in [-0.25, -0.2) is 23.5 Å². The second-order valence-corrected chi connectivity index (χ2v) is 7.94. The maximum absolute atomic E-state index is 14.7. The molecule has 0 unspecified atom stereocenters. The molecule has 0 atom stereocenters. The molecule has 35 heavy (non-hydrogen) atoms.